The second-order valence-corrected chi connectivity index (χ2v) is 10.5. The van der Waals surface area contributed by atoms with E-state index in [0.29, 0.717) is 22.2 Å². The second-order valence-electron chi connectivity index (χ2n) is 10.0. The van der Waals surface area contributed by atoms with Gasteiger partial charge < -0.3 is 23.8 Å². The van der Waals surface area contributed by atoms with Gasteiger partial charge >= 0.3 is 5.91 Å². The molecule has 0 saturated heterocycles. The number of benzene rings is 3. The minimum absolute atomic E-state index is 0.0148. The van der Waals surface area contributed by atoms with E-state index in [2.05, 4.69) is 32.5 Å². The molecule has 13 heteroatoms. The highest BCUT2D eigenvalue weighted by molar-refractivity contribution is 6.30. The topological polar surface area (TPSA) is 150 Å². The van der Waals surface area contributed by atoms with E-state index in [1.807, 2.05) is 38.1 Å². The zero-order valence-corrected chi connectivity index (χ0v) is 25.5. The summed E-state index contributed by atoms with van der Waals surface area (Å²) < 4.78 is 19.1. The van der Waals surface area contributed by atoms with Crippen LogP contribution in [0.3, 0.4) is 0 Å². The number of aryl methyl sites for hydroxylation is 2. The van der Waals surface area contributed by atoms with Crippen molar-refractivity contribution in [2.24, 2.45) is 5.10 Å². The highest BCUT2D eigenvalue weighted by atomic mass is 35.5. The molecule has 5 rings (SSSR count). The van der Waals surface area contributed by atoms with Crippen LogP contribution in [0.5, 0.6) is 11.5 Å². The molecule has 5 aromatic rings. The molecule has 0 aliphatic heterocycles. The molecule has 0 aliphatic rings. The summed E-state index contributed by atoms with van der Waals surface area (Å²) in [5.74, 6) is 0.0586. The maximum atomic E-state index is 12.6. The van der Waals surface area contributed by atoms with E-state index in [4.69, 9.17) is 25.5 Å². The molecular weight excluding hydrogens is 614 g/mol. The maximum absolute atomic E-state index is 12.6. The van der Waals surface area contributed by atoms with Crippen LogP contribution in [0, 0.1) is 24.0 Å². The number of amides is 2. The van der Waals surface area contributed by atoms with E-state index < -0.39 is 16.7 Å². The van der Waals surface area contributed by atoms with E-state index in [-0.39, 0.29) is 36.0 Å². The molecule has 0 aliphatic carbocycles. The quantitative estimate of drug-likeness (QED) is 0.0884. The van der Waals surface area contributed by atoms with Gasteiger partial charge in [0.15, 0.2) is 12.4 Å². The Labute approximate surface area is 268 Å². The third-order valence-electron chi connectivity index (χ3n) is 6.69. The Morgan fingerprint density at radius 1 is 0.957 bits per heavy atom. The van der Waals surface area contributed by atoms with Gasteiger partial charge in [0.2, 0.25) is 0 Å². The van der Waals surface area contributed by atoms with Crippen LogP contribution >= 0.6 is 11.6 Å². The van der Waals surface area contributed by atoms with Crippen LogP contribution in [0.2, 0.25) is 5.02 Å². The lowest BCUT2D eigenvalue weighted by molar-refractivity contribution is -0.384. The molecule has 46 heavy (non-hydrogen) atoms. The van der Waals surface area contributed by atoms with Gasteiger partial charge in [-0.1, -0.05) is 11.6 Å². The fourth-order valence-corrected chi connectivity index (χ4v) is 4.60. The number of halogens is 1. The number of nitro benzene ring substituents is 1. The Morgan fingerprint density at radius 2 is 1.67 bits per heavy atom. The van der Waals surface area contributed by atoms with Gasteiger partial charge in [0.1, 0.15) is 23.9 Å². The van der Waals surface area contributed by atoms with Crippen LogP contribution in [-0.4, -0.2) is 34.1 Å². The summed E-state index contributed by atoms with van der Waals surface area (Å²) in [7, 11) is 0. The number of hydrogen-bond acceptors (Lipinski definition) is 8. The number of carbonyl (C=O) groups excluding carboxylic acids is 2. The van der Waals surface area contributed by atoms with Crippen LogP contribution < -0.4 is 20.2 Å². The number of hydrogen-bond donors (Lipinski definition) is 2. The summed E-state index contributed by atoms with van der Waals surface area (Å²) in [5.41, 5.74) is 6.05. The largest absolute Gasteiger partial charge is 0.486 e. The molecule has 234 valence electrons. The average molecular weight is 642 g/mol. The Hall–Kier alpha value is -5.88. The highest BCUT2D eigenvalue weighted by Gasteiger charge is 2.14. The molecule has 0 unspecified atom stereocenters. The molecule has 0 atom stereocenters. The van der Waals surface area contributed by atoms with Crippen molar-refractivity contribution in [2.45, 2.75) is 20.5 Å². The number of anilines is 1. The number of ether oxygens (including phenoxy) is 2. The standard InChI is InChI=1S/C33H28ClN5O7/c1-21-3-4-22(2)38(21)26-9-12-28(13-10-26)44-19-29-14-16-31(46-29)33(41)37-35-18-23-17-27(39(42)43)11-15-30(23)45-20-32(40)36-25-7-5-24(34)6-8-25/h3-18H,19-20H2,1-2H3,(H,36,40)(H,37,41)/b35-18+. The molecule has 3 aromatic carbocycles. The van der Waals surface area contributed by atoms with Crippen LogP contribution in [0.25, 0.3) is 5.69 Å². The summed E-state index contributed by atoms with van der Waals surface area (Å²) in [4.78, 5) is 35.7. The molecule has 0 radical (unpaired) electrons. The lowest BCUT2D eigenvalue weighted by Gasteiger charge is -2.10. The Kier molecular flexibility index (Phi) is 9.78. The van der Waals surface area contributed by atoms with E-state index >= 15 is 0 Å². The predicted octanol–water partition coefficient (Wildman–Crippen LogP) is 6.61. The summed E-state index contributed by atoms with van der Waals surface area (Å²) >= 11 is 5.86. The fourth-order valence-electron chi connectivity index (χ4n) is 4.47. The first-order valence-corrected chi connectivity index (χ1v) is 14.3. The Balaban J connectivity index is 1.16. The molecule has 2 heterocycles. The number of rotatable bonds is 12. The SMILES string of the molecule is Cc1ccc(C)n1-c1ccc(OCc2ccc(C(=O)N/N=C/c3cc([N+](=O)[O-])ccc3OCC(=O)Nc3ccc(Cl)cc3)o2)cc1. The number of nitrogens with zero attached hydrogens (tertiary/aromatic N) is 3. The Morgan fingerprint density at radius 3 is 2.37 bits per heavy atom. The predicted molar refractivity (Wildman–Crippen MR) is 172 cm³/mol. The van der Waals surface area contributed by atoms with E-state index in [0.717, 1.165) is 17.1 Å². The van der Waals surface area contributed by atoms with Crippen molar-refractivity contribution in [3.05, 3.63) is 135 Å². The van der Waals surface area contributed by atoms with Crippen molar-refractivity contribution >= 4 is 41.0 Å². The Bertz CT molecular complexity index is 1880. The number of furan rings is 1. The summed E-state index contributed by atoms with van der Waals surface area (Å²) in [5, 5.41) is 18.4. The monoisotopic (exact) mass is 641 g/mol. The zero-order chi connectivity index (χ0) is 32.6. The van der Waals surface area contributed by atoms with Gasteiger partial charge in [-0.25, -0.2) is 5.43 Å². The average Bonchev–Trinajstić information content (AvgIpc) is 3.66. The van der Waals surface area contributed by atoms with Gasteiger partial charge in [-0.3, -0.25) is 19.7 Å². The summed E-state index contributed by atoms with van der Waals surface area (Å²) in [6.07, 6.45) is 1.17. The fraction of sp³-hybridized carbons (Fsp3) is 0.121. The first-order valence-electron chi connectivity index (χ1n) is 13.9. The van der Waals surface area contributed by atoms with Crippen molar-refractivity contribution in [3.63, 3.8) is 0 Å². The highest BCUT2D eigenvalue weighted by Crippen LogP contribution is 2.24. The number of carbonyl (C=O) groups is 2. The molecular formula is C33H28ClN5O7. The molecule has 2 aromatic heterocycles. The molecule has 0 fully saturated rings. The smallest absolute Gasteiger partial charge is 0.307 e. The van der Waals surface area contributed by atoms with Gasteiger partial charge in [-0.2, -0.15) is 5.10 Å². The minimum atomic E-state index is -0.653. The van der Waals surface area contributed by atoms with Crippen molar-refractivity contribution in [1.82, 2.24) is 9.99 Å². The minimum Gasteiger partial charge on any atom is -0.486 e. The normalized spacial score (nSPS) is 10.9. The third-order valence-corrected chi connectivity index (χ3v) is 6.95. The molecule has 2 amide bonds. The van der Waals surface area contributed by atoms with Crippen LogP contribution in [0.1, 0.15) is 33.3 Å². The molecule has 2 N–H and O–H groups in total. The van der Waals surface area contributed by atoms with Gasteiger partial charge in [0.25, 0.3) is 11.6 Å². The second kappa shape index (κ2) is 14.3. The number of hydrazone groups is 1. The first-order chi connectivity index (χ1) is 22.2. The van der Waals surface area contributed by atoms with E-state index in [9.17, 15) is 19.7 Å². The van der Waals surface area contributed by atoms with Crippen LogP contribution in [0.4, 0.5) is 11.4 Å². The third kappa shape index (κ3) is 7.98. The molecule has 12 nitrogen and oxygen atoms in total. The number of nitrogens with one attached hydrogen (secondary N) is 2. The summed E-state index contributed by atoms with van der Waals surface area (Å²) in [6, 6.07) is 25.1. The lowest BCUT2D eigenvalue weighted by Crippen LogP contribution is -2.20. The van der Waals surface area contributed by atoms with Gasteiger partial charge in [-0.05, 0) is 92.7 Å². The van der Waals surface area contributed by atoms with Crippen LogP contribution in [0.15, 0.2) is 101 Å². The lowest BCUT2D eigenvalue weighted by atomic mass is 10.2. The van der Waals surface area contributed by atoms with E-state index in [1.165, 1.54) is 30.5 Å². The first kappa shape index (κ1) is 31.5. The summed E-state index contributed by atoms with van der Waals surface area (Å²) in [6.45, 7) is 3.79. The molecule has 0 bridgehead atoms. The van der Waals surface area contributed by atoms with Crippen molar-refractivity contribution in [2.75, 3.05) is 11.9 Å². The van der Waals surface area contributed by atoms with E-state index in [1.54, 1.807) is 30.3 Å². The van der Waals surface area contributed by atoms with Crippen molar-refractivity contribution in [1.29, 1.82) is 0 Å². The van der Waals surface area contributed by atoms with Crippen LogP contribution in [-0.2, 0) is 11.4 Å². The van der Waals surface area contributed by atoms with Gasteiger partial charge in [0, 0.05) is 45.5 Å². The molecule has 0 spiro atoms. The molecule has 0 saturated carbocycles. The number of aromatic nitrogens is 1. The van der Waals surface area contributed by atoms with Gasteiger partial charge in [0.05, 0.1) is 11.1 Å². The number of non-ortho nitro benzene ring substituents is 1. The zero-order valence-electron chi connectivity index (χ0n) is 24.7. The van der Waals surface area contributed by atoms with Crippen molar-refractivity contribution < 1.29 is 28.4 Å². The van der Waals surface area contributed by atoms with Crippen molar-refractivity contribution in [3.8, 4) is 17.2 Å². The van der Waals surface area contributed by atoms with Gasteiger partial charge in [-0.15, -0.1) is 0 Å². The number of nitro groups is 1. The maximum Gasteiger partial charge on any atom is 0.307 e.